The van der Waals surface area contributed by atoms with Gasteiger partial charge in [-0.1, -0.05) is 5.16 Å². The van der Waals surface area contributed by atoms with Crippen molar-refractivity contribution in [1.29, 1.82) is 0 Å². The molecule has 2 rings (SSSR count). The zero-order valence-electron chi connectivity index (χ0n) is 13.8. The Hall–Kier alpha value is -2.70. The summed E-state index contributed by atoms with van der Waals surface area (Å²) in [5, 5.41) is 3.82. The first-order chi connectivity index (χ1) is 11.0. The summed E-state index contributed by atoms with van der Waals surface area (Å²) in [7, 11) is 4.46. The van der Waals surface area contributed by atoms with Gasteiger partial charge in [0, 0.05) is 12.1 Å². The molecule has 1 aromatic heterocycles. The number of aromatic nitrogens is 1. The molecule has 23 heavy (non-hydrogen) atoms. The van der Waals surface area contributed by atoms with Crippen molar-refractivity contribution < 1.29 is 28.3 Å². The summed E-state index contributed by atoms with van der Waals surface area (Å²) in [6.07, 6.45) is 0. The summed E-state index contributed by atoms with van der Waals surface area (Å²) < 4.78 is 26.0. The fourth-order valence-electron chi connectivity index (χ4n) is 2.11. The van der Waals surface area contributed by atoms with Crippen molar-refractivity contribution in [3.63, 3.8) is 0 Å². The average molecular weight is 321 g/mol. The lowest BCUT2D eigenvalue weighted by Crippen LogP contribution is -2.09. The van der Waals surface area contributed by atoms with Gasteiger partial charge >= 0.3 is 5.97 Å². The third kappa shape index (κ3) is 3.39. The van der Waals surface area contributed by atoms with Crippen LogP contribution in [0, 0.1) is 13.8 Å². The molecule has 0 saturated heterocycles. The van der Waals surface area contributed by atoms with Crippen LogP contribution in [0.5, 0.6) is 17.2 Å². The molecule has 0 radical (unpaired) electrons. The second-order valence-corrected chi connectivity index (χ2v) is 4.79. The van der Waals surface area contributed by atoms with E-state index in [1.54, 1.807) is 19.9 Å². The van der Waals surface area contributed by atoms with Crippen molar-refractivity contribution >= 4 is 5.97 Å². The topological polar surface area (TPSA) is 80.0 Å². The number of aryl methyl sites for hydroxylation is 2. The standard InChI is InChI=1S/C16H19NO6/c1-9-12(10(2)23-17-9)8-22-16(18)11-6-14(20-4)15(21-5)7-13(11)19-3/h6-7H,8H2,1-5H3. The van der Waals surface area contributed by atoms with Crippen LogP contribution in [0.3, 0.4) is 0 Å². The van der Waals surface area contributed by atoms with Crippen LogP contribution in [0.4, 0.5) is 0 Å². The molecule has 1 heterocycles. The highest BCUT2D eigenvalue weighted by Gasteiger charge is 2.20. The highest BCUT2D eigenvalue weighted by molar-refractivity contribution is 5.93. The Balaban J connectivity index is 2.24. The predicted octanol–water partition coefficient (Wildman–Crippen LogP) is 2.67. The van der Waals surface area contributed by atoms with Gasteiger partial charge in [-0.15, -0.1) is 0 Å². The highest BCUT2D eigenvalue weighted by atomic mass is 16.5. The number of carbonyl (C=O) groups is 1. The van der Waals surface area contributed by atoms with Gasteiger partial charge in [0.1, 0.15) is 23.7 Å². The van der Waals surface area contributed by atoms with Gasteiger partial charge in [0.15, 0.2) is 11.5 Å². The molecular formula is C16H19NO6. The highest BCUT2D eigenvalue weighted by Crippen LogP contribution is 2.35. The summed E-state index contributed by atoms with van der Waals surface area (Å²) in [6, 6.07) is 3.10. The molecule has 2 aromatic rings. The molecular weight excluding hydrogens is 302 g/mol. The van der Waals surface area contributed by atoms with Gasteiger partial charge in [-0.2, -0.15) is 0 Å². The molecule has 7 nitrogen and oxygen atoms in total. The van der Waals surface area contributed by atoms with E-state index in [1.807, 2.05) is 0 Å². The number of esters is 1. The van der Waals surface area contributed by atoms with Crippen LogP contribution in [-0.2, 0) is 11.3 Å². The van der Waals surface area contributed by atoms with Crippen LogP contribution in [0.1, 0.15) is 27.4 Å². The van der Waals surface area contributed by atoms with E-state index in [-0.39, 0.29) is 12.2 Å². The van der Waals surface area contributed by atoms with E-state index in [4.69, 9.17) is 23.5 Å². The molecule has 0 atom stereocenters. The van der Waals surface area contributed by atoms with Crippen LogP contribution in [0.15, 0.2) is 16.7 Å². The largest absolute Gasteiger partial charge is 0.496 e. The van der Waals surface area contributed by atoms with Crippen molar-refractivity contribution in [3.05, 3.63) is 34.7 Å². The van der Waals surface area contributed by atoms with Crippen molar-refractivity contribution in [2.75, 3.05) is 21.3 Å². The van der Waals surface area contributed by atoms with E-state index in [0.29, 0.717) is 28.7 Å². The van der Waals surface area contributed by atoms with Crippen molar-refractivity contribution in [2.24, 2.45) is 0 Å². The first-order valence-corrected chi connectivity index (χ1v) is 6.90. The fraction of sp³-hybridized carbons (Fsp3) is 0.375. The molecule has 0 amide bonds. The minimum atomic E-state index is -0.539. The zero-order valence-corrected chi connectivity index (χ0v) is 13.8. The molecule has 0 bridgehead atoms. The van der Waals surface area contributed by atoms with Gasteiger partial charge in [-0.05, 0) is 13.8 Å². The minimum Gasteiger partial charge on any atom is -0.496 e. The van der Waals surface area contributed by atoms with Crippen molar-refractivity contribution in [1.82, 2.24) is 5.16 Å². The fourth-order valence-corrected chi connectivity index (χ4v) is 2.11. The molecule has 0 fully saturated rings. The maximum Gasteiger partial charge on any atom is 0.342 e. The second kappa shape index (κ2) is 7.04. The summed E-state index contributed by atoms with van der Waals surface area (Å²) in [4.78, 5) is 12.4. The van der Waals surface area contributed by atoms with Gasteiger partial charge in [0.25, 0.3) is 0 Å². The quantitative estimate of drug-likeness (QED) is 0.757. The van der Waals surface area contributed by atoms with E-state index < -0.39 is 5.97 Å². The maximum atomic E-state index is 12.4. The Kier molecular flexibility index (Phi) is 5.10. The normalized spacial score (nSPS) is 10.3. The van der Waals surface area contributed by atoms with Gasteiger partial charge < -0.3 is 23.5 Å². The molecule has 0 N–H and O–H groups in total. The lowest BCUT2D eigenvalue weighted by molar-refractivity contribution is 0.0466. The zero-order chi connectivity index (χ0) is 17.0. The van der Waals surface area contributed by atoms with E-state index in [0.717, 1.165) is 5.56 Å². The molecule has 0 saturated carbocycles. The van der Waals surface area contributed by atoms with E-state index >= 15 is 0 Å². The molecule has 7 heteroatoms. The first-order valence-electron chi connectivity index (χ1n) is 6.90. The number of rotatable bonds is 6. The van der Waals surface area contributed by atoms with Gasteiger partial charge in [-0.3, -0.25) is 0 Å². The SMILES string of the molecule is COc1cc(OC)c(C(=O)OCc2c(C)noc2C)cc1OC. The number of hydrogen-bond acceptors (Lipinski definition) is 7. The Bertz CT molecular complexity index is 687. The summed E-state index contributed by atoms with van der Waals surface area (Å²) in [5.41, 5.74) is 1.68. The van der Waals surface area contributed by atoms with Crippen LogP contribution in [-0.4, -0.2) is 32.5 Å². The van der Waals surface area contributed by atoms with Gasteiger partial charge in [-0.25, -0.2) is 4.79 Å². The minimum absolute atomic E-state index is 0.0670. The molecule has 124 valence electrons. The number of methoxy groups -OCH3 is 3. The number of benzene rings is 1. The predicted molar refractivity (Wildman–Crippen MR) is 81.2 cm³/mol. The summed E-state index contributed by atoms with van der Waals surface area (Å²) >= 11 is 0. The number of hydrogen-bond donors (Lipinski definition) is 0. The smallest absolute Gasteiger partial charge is 0.342 e. The lowest BCUT2D eigenvalue weighted by Gasteiger charge is -2.13. The van der Waals surface area contributed by atoms with E-state index in [2.05, 4.69) is 5.16 Å². The molecule has 0 spiro atoms. The Morgan fingerprint density at radius 3 is 2.17 bits per heavy atom. The average Bonchev–Trinajstić information content (AvgIpc) is 2.89. The molecule has 0 unspecified atom stereocenters. The molecule has 1 aromatic carbocycles. The molecule has 0 aliphatic heterocycles. The second-order valence-electron chi connectivity index (χ2n) is 4.79. The monoisotopic (exact) mass is 321 g/mol. The van der Waals surface area contributed by atoms with E-state index in [9.17, 15) is 4.79 Å². The Labute approximate surface area is 134 Å². The summed E-state index contributed by atoms with van der Waals surface area (Å²) in [5.74, 6) is 1.30. The summed E-state index contributed by atoms with van der Waals surface area (Å²) in [6.45, 7) is 3.62. The van der Waals surface area contributed by atoms with Gasteiger partial charge in [0.05, 0.1) is 32.6 Å². The van der Waals surface area contributed by atoms with Crippen LogP contribution in [0.25, 0.3) is 0 Å². The van der Waals surface area contributed by atoms with Gasteiger partial charge in [0.2, 0.25) is 0 Å². The van der Waals surface area contributed by atoms with Crippen LogP contribution < -0.4 is 14.2 Å². The Morgan fingerprint density at radius 1 is 1.04 bits per heavy atom. The van der Waals surface area contributed by atoms with Crippen molar-refractivity contribution in [3.8, 4) is 17.2 Å². The maximum absolute atomic E-state index is 12.4. The third-order valence-corrected chi connectivity index (χ3v) is 3.45. The number of nitrogens with zero attached hydrogens (tertiary/aromatic N) is 1. The third-order valence-electron chi connectivity index (χ3n) is 3.45. The van der Waals surface area contributed by atoms with Crippen molar-refractivity contribution in [2.45, 2.75) is 20.5 Å². The number of ether oxygens (including phenoxy) is 4. The number of carbonyl (C=O) groups excluding carboxylic acids is 1. The van der Waals surface area contributed by atoms with E-state index in [1.165, 1.54) is 27.4 Å². The Morgan fingerprint density at radius 2 is 1.65 bits per heavy atom. The lowest BCUT2D eigenvalue weighted by atomic mass is 10.1. The molecule has 0 aliphatic carbocycles. The first kappa shape index (κ1) is 16.7. The molecule has 0 aliphatic rings. The van der Waals surface area contributed by atoms with Crippen LogP contribution >= 0.6 is 0 Å². The van der Waals surface area contributed by atoms with Crippen LogP contribution in [0.2, 0.25) is 0 Å².